The molecule has 1 aliphatic heterocycles. The van der Waals surface area contributed by atoms with Crippen molar-refractivity contribution in [3.63, 3.8) is 0 Å². The summed E-state index contributed by atoms with van der Waals surface area (Å²) in [5.41, 5.74) is 1.91. The second-order valence-electron chi connectivity index (χ2n) is 3.04. The predicted molar refractivity (Wildman–Crippen MR) is 60.4 cm³/mol. The van der Waals surface area contributed by atoms with Gasteiger partial charge in [-0.05, 0) is 6.92 Å². The SMILES string of the molecule is CC.Cc1nc2cc3c(cc2[nH]1)OCO3.[HH]. The van der Waals surface area contributed by atoms with E-state index in [9.17, 15) is 0 Å². The summed E-state index contributed by atoms with van der Waals surface area (Å²) in [5, 5.41) is 0. The molecule has 0 atom stereocenters. The van der Waals surface area contributed by atoms with Crippen molar-refractivity contribution in [1.29, 1.82) is 0 Å². The number of nitrogens with one attached hydrogen (secondary N) is 1. The quantitative estimate of drug-likeness (QED) is 0.724. The highest BCUT2D eigenvalue weighted by atomic mass is 16.7. The zero-order valence-electron chi connectivity index (χ0n) is 9.13. The van der Waals surface area contributed by atoms with Crippen LogP contribution in [0.4, 0.5) is 0 Å². The minimum Gasteiger partial charge on any atom is -0.454 e. The van der Waals surface area contributed by atoms with E-state index >= 15 is 0 Å². The van der Waals surface area contributed by atoms with Crippen molar-refractivity contribution in [3.05, 3.63) is 18.0 Å². The van der Waals surface area contributed by atoms with E-state index in [0.29, 0.717) is 6.79 Å². The third kappa shape index (κ3) is 1.63. The summed E-state index contributed by atoms with van der Waals surface area (Å²) in [6.07, 6.45) is 0. The van der Waals surface area contributed by atoms with Crippen LogP contribution in [0.3, 0.4) is 0 Å². The minimum atomic E-state index is 0. The summed E-state index contributed by atoms with van der Waals surface area (Å²) in [4.78, 5) is 7.44. The molecule has 0 radical (unpaired) electrons. The molecule has 0 bridgehead atoms. The van der Waals surface area contributed by atoms with Gasteiger partial charge in [0.05, 0.1) is 11.0 Å². The highest BCUT2D eigenvalue weighted by Crippen LogP contribution is 2.34. The molecule has 2 heterocycles. The number of H-pyrrole nitrogens is 1. The number of rotatable bonds is 0. The molecule has 1 aromatic heterocycles. The van der Waals surface area contributed by atoms with Crippen molar-refractivity contribution in [2.45, 2.75) is 20.8 Å². The number of nitrogens with zero attached hydrogens (tertiary/aromatic N) is 1. The Bertz CT molecular complexity index is 441. The fourth-order valence-electron chi connectivity index (χ4n) is 1.53. The van der Waals surface area contributed by atoms with Gasteiger partial charge in [0.1, 0.15) is 5.82 Å². The van der Waals surface area contributed by atoms with Crippen LogP contribution >= 0.6 is 0 Å². The van der Waals surface area contributed by atoms with E-state index in [-0.39, 0.29) is 1.43 Å². The van der Waals surface area contributed by atoms with Crippen molar-refractivity contribution in [2.24, 2.45) is 0 Å². The number of aromatic amines is 1. The van der Waals surface area contributed by atoms with Gasteiger partial charge >= 0.3 is 0 Å². The number of benzene rings is 1. The Hall–Kier alpha value is -1.71. The van der Waals surface area contributed by atoms with Crippen LogP contribution in [0.5, 0.6) is 11.5 Å². The monoisotopic (exact) mass is 208 g/mol. The van der Waals surface area contributed by atoms with Gasteiger partial charge in [-0.3, -0.25) is 0 Å². The first-order chi connectivity index (χ1) is 7.33. The van der Waals surface area contributed by atoms with Crippen molar-refractivity contribution in [1.82, 2.24) is 9.97 Å². The fourth-order valence-corrected chi connectivity index (χ4v) is 1.53. The van der Waals surface area contributed by atoms with Gasteiger partial charge in [-0.2, -0.15) is 0 Å². The van der Waals surface area contributed by atoms with Crippen molar-refractivity contribution >= 4 is 11.0 Å². The minimum absolute atomic E-state index is 0. The number of imidazole rings is 1. The molecule has 0 spiro atoms. The second-order valence-corrected chi connectivity index (χ2v) is 3.04. The average Bonchev–Trinajstić information content (AvgIpc) is 2.81. The molecule has 1 aromatic carbocycles. The van der Waals surface area contributed by atoms with Crippen molar-refractivity contribution < 1.29 is 10.9 Å². The molecule has 82 valence electrons. The van der Waals surface area contributed by atoms with Gasteiger partial charge in [-0.15, -0.1) is 0 Å². The number of fused-ring (bicyclic) bond motifs is 2. The van der Waals surface area contributed by atoms with Crippen LogP contribution in [0.25, 0.3) is 11.0 Å². The Morgan fingerprint density at radius 2 is 1.93 bits per heavy atom. The Balaban J connectivity index is 0.000000406. The zero-order valence-corrected chi connectivity index (χ0v) is 9.13. The molecule has 1 aliphatic rings. The van der Waals surface area contributed by atoms with Crippen LogP contribution in [0.1, 0.15) is 21.1 Å². The fraction of sp³-hybridized carbons (Fsp3) is 0.364. The predicted octanol–water partition coefficient (Wildman–Crippen LogP) is 2.87. The van der Waals surface area contributed by atoms with Gasteiger partial charge < -0.3 is 14.5 Å². The summed E-state index contributed by atoms with van der Waals surface area (Å²) in [6, 6.07) is 3.80. The van der Waals surface area contributed by atoms with Crippen LogP contribution in [-0.2, 0) is 0 Å². The van der Waals surface area contributed by atoms with E-state index in [2.05, 4.69) is 9.97 Å². The van der Waals surface area contributed by atoms with Gasteiger partial charge in [0.2, 0.25) is 6.79 Å². The van der Waals surface area contributed by atoms with E-state index in [1.54, 1.807) is 0 Å². The number of aryl methyl sites for hydroxylation is 1. The number of ether oxygens (including phenoxy) is 2. The lowest BCUT2D eigenvalue weighted by atomic mass is 10.3. The Kier molecular flexibility index (Phi) is 2.49. The average molecular weight is 208 g/mol. The number of hydrogen-bond donors (Lipinski definition) is 1. The van der Waals surface area contributed by atoms with Crippen LogP contribution < -0.4 is 9.47 Å². The summed E-state index contributed by atoms with van der Waals surface area (Å²) in [6.45, 7) is 6.23. The smallest absolute Gasteiger partial charge is 0.231 e. The molecule has 0 saturated heterocycles. The summed E-state index contributed by atoms with van der Waals surface area (Å²) >= 11 is 0. The first kappa shape index (κ1) is 9.83. The number of hydrogen-bond acceptors (Lipinski definition) is 3. The van der Waals surface area contributed by atoms with E-state index in [1.165, 1.54) is 0 Å². The van der Waals surface area contributed by atoms with Gasteiger partial charge in [0.15, 0.2) is 11.5 Å². The third-order valence-electron chi connectivity index (χ3n) is 2.09. The van der Waals surface area contributed by atoms with E-state index in [0.717, 1.165) is 28.4 Å². The maximum Gasteiger partial charge on any atom is 0.231 e. The van der Waals surface area contributed by atoms with Gasteiger partial charge in [-0.1, -0.05) is 13.8 Å². The Morgan fingerprint density at radius 3 is 2.67 bits per heavy atom. The normalized spacial score (nSPS) is 12.5. The molecule has 0 unspecified atom stereocenters. The van der Waals surface area contributed by atoms with E-state index in [4.69, 9.17) is 9.47 Å². The van der Waals surface area contributed by atoms with Crippen molar-refractivity contribution in [3.8, 4) is 11.5 Å². The van der Waals surface area contributed by atoms with Crippen LogP contribution in [-0.4, -0.2) is 16.8 Å². The molecule has 0 amide bonds. The Labute approximate surface area is 89.7 Å². The third-order valence-corrected chi connectivity index (χ3v) is 2.09. The topological polar surface area (TPSA) is 47.1 Å². The van der Waals surface area contributed by atoms with Crippen LogP contribution in [0.15, 0.2) is 12.1 Å². The summed E-state index contributed by atoms with van der Waals surface area (Å²) in [5.74, 6) is 2.47. The summed E-state index contributed by atoms with van der Waals surface area (Å²) in [7, 11) is 0. The first-order valence-corrected chi connectivity index (χ1v) is 5.09. The molecule has 2 aromatic rings. The van der Waals surface area contributed by atoms with Gasteiger partial charge in [0.25, 0.3) is 0 Å². The van der Waals surface area contributed by atoms with Crippen LogP contribution in [0.2, 0.25) is 0 Å². The molecular formula is C11H16N2O2. The lowest BCUT2D eigenvalue weighted by Gasteiger charge is -1.93. The largest absolute Gasteiger partial charge is 0.454 e. The molecule has 4 nitrogen and oxygen atoms in total. The maximum absolute atomic E-state index is 5.25. The lowest BCUT2D eigenvalue weighted by Crippen LogP contribution is -1.92. The van der Waals surface area contributed by atoms with Gasteiger partial charge in [0, 0.05) is 13.6 Å². The molecule has 0 aliphatic carbocycles. The summed E-state index contributed by atoms with van der Waals surface area (Å²) < 4.78 is 10.5. The van der Waals surface area contributed by atoms with Crippen molar-refractivity contribution in [2.75, 3.05) is 6.79 Å². The van der Waals surface area contributed by atoms with Gasteiger partial charge in [-0.25, -0.2) is 4.98 Å². The number of aromatic nitrogens is 2. The standard InChI is InChI=1S/C9H8N2O2.C2H6.H2/c1-5-10-6-2-8-9(13-4-12-8)3-7(6)11-5;1-2;/h2-3H,4H2,1H3,(H,10,11);1-2H3;1H. The lowest BCUT2D eigenvalue weighted by molar-refractivity contribution is 0.174. The van der Waals surface area contributed by atoms with Crippen LogP contribution in [0, 0.1) is 6.92 Å². The molecule has 1 N–H and O–H groups in total. The molecular weight excluding hydrogens is 192 g/mol. The Morgan fingerprint density at radius 1 is 1.27 bits per heavy atom. The molecule has 0 saturated carbocycles. The first-order valence-electron chi connectivity index (χ1n) is 5.09. The zero-order chi connectivity index (χ0) is 10.8. The van der Waals surface area contributed by atoms with E-state index in [1.807, 2.05) is 32.9 Å². The molecule has 15 heavy (non-hydrogen) atoms. The highest BCUT2D eigenvalue weighted by Gasteiger charge is 2.15. The van der Waals surface area contributed by atoms with E-state index < -0.39 is 0 Å². The molecule has 4 heteroatoms. The molecule has 3 rings (SSSR count). The highest BCUT2D eigenvalue weighted by molar-refractivity contribution is 5.80. The molecule has 0 fully saturated rings. The second kappa shape index (κ2) is 3.81. The maximum atomic E-state index is 5.25.